The highest BCUT2D eigenvalue weighted by molar-refractivity contribution is 7.71. The zero-order chi connectivity index (χ0) is 15.7. The maximum atomic E-state index is 12.1. The molecule has 1 aliphatic heterocycles. The quantitative estimate of drug-likeness (QED) is 0.818. The summed E-state index contributed by atoms with van der Waals surface area (Å²) in [6.45, 7) is 1.50. The minimum absolute atomic E-state index is 0.0939. The predicted molar refractivity (Wildman–Crippen MR) is 79.6 cm³/mol. The molecule has 0 unspecified atom stereocenters. The van der Waals surface area contributed by atoms with Gasteiger partial charge in [-0.25, -0.2) is 0 Å². The maximum absolute atomic E-state index is 12.1. The van der Waals surface area contributed by atoms with Crippen molar-refractivity contribution in [2.45, 2.75) is 13.5 Å². The van der Waals surface area contributed by atoms with Gasteiger partial charge in [0.25, 0.3) is 5.56 Å². The number of nitrogens with zero attached hydrogens (tertiary/aromatic N) is 2. The third-order valence-electron chi connectivity index (χ3n) is 3.08. The van der Waals surface area contributed by atoms with Crippen molar-refractivity contribution in [3.63, 3.8) is 0 Å². The highest BCUT2D eigenvalue weighted by atomic mass is 32.1. The number of amides is 1. The van der Waals surface area contributed by atoms with E-state index in [4.69, 9.17) is 21.7 Å². The second kappa shape index (κ2) is 5.60. The van der Waals surface area contributed by atoms with E-state index in [0.717, 1.165) is 4.57 Å². The van der Waals surface area contributed by atoms with Gasteiger partial charge in [-0.15, -0.1) is 0 Å². The van der Waals surface area contributed by atoms with Crippen molar-refractivity contribution < 1.29 is 14.3 Å². The minimum Gasteiger partial charge on any atom is -0.454 e. The molecule has 2 heterocycles. The van der Waals surface area contributed by atoms with E-state index in [-0.39, 0.29) is 29.7 Å². The Morgan fingerprint density at radius 1 is 1.45 bits per heavy atom. The summed E-state index contributed by atoms with van der Waals surface area (Å²) in [7, 11) is 0. The van der Waals surface area contributed by atoms with E-state index in [1.807, 2.05) is 0 Å². The molecule has 9 heteroatoms. The summed E-state index contributed by atoms with van der Waals surface area (Å²) in [6.07, 6.45) is 0. The molecule has 0 spiro atoms. The summed E-state index contributed by atoms with van der Waals surface area (Å²) in [5.74, 6) is 0.805. The number of aromatic nitrogens is 3. The summed E-state index contributed by atoms with van der Waals surface area (Å²) in [4.78, 5) is 24.0. The Bertz CT molecular complexity index is 858. The SMILES string of the molecule is Cc1n[nH]c(=S)n(CC(=O)Nc2ccc3c(c2)OCO3)c1=O. The first-order valence-corrected chi connectivity index (χ1v) is 6.81. The highest BCUT2D eigenvalue weighted by Crippen LogP contribution is 2.34. The third-order valence-corrected chi connectivity index (χ3v) is 3.39. The third kappa shape index (κ3) is 2.70. The smallest absolute Gasteiger partial charge is 0.276 e. The lowest BCUT2D eigenvalue weighted by atomic mass is 10.3. The van der Waals surface area contributed by atoms with Crippen LogP contribution in [-0.2, 0) is 11.3 Å². The van der Waals surface area contributed by atoms with Gasteiger partial charge in [-0.05, 0) is 31.3 Å². The molecule has 1 aliphatic rings. The minimum atomic E-state index is -0.399. The van der Waals surface area contributed by atoms with Crippen molar-refractivity contribution >= 4 is 23.8 Å². The van der Waals surface area contributed by atoms with Crippen molar-refractivity contribution in [2.24, 2.45) is 0 Å². The van der Waals surface area contributed by atoms with Crippen LogP contribution in [0.4, 0.5) is 5.69 Å². The van der Waals surface area contributed by atoms with Crippen LogP contribution < -0.4 is 20.3 Å². The van der Waals surface area contributed by atoms with Crippen LogP contribution in [0.15, 0.2) is 23.0 Å². The fraction of sp³-hybridized carbons (Fsp3) is 0.231. The lowest BCUT2D eigenvalue weighted by Crippen LogP contribution is -2.31. The number of hydrogen-bond donors (Lipinski definition) is 2. The normalized spacial score (nSPS) is 12.2. The van der Waals surface area contributed by atoms with Crippen LogP contribution in [-0.4, -0.2) is 27.5 Å². The zero-order valence-corrected chi connectivity index (χ0v) is 12.4. The van der Waals surface area contributed by atoms with E-state index in [2.05, 4.69) is 15.5 Å². The molecule has 0 radical (unpaired) electrons. The number of fused-ring (bicyclic) bond motifs is 1. The molecule has 114 valence electrons. The van der Waals surface area contributed by atoms with Crippen LogP contribution in [0.5, 0.6) is 11.5 Å². The number of ether oxygens (including phenoxy) is 2. The van der Waals surface area contributed by atoms with Gasteiger partial charge in [0.05, 0.1) is 0 Å². The Morgan fingerprint density at radius 3 is 3.05 bits per heavy atom. The molecule has 3 rings (SSSR count). The molecule has 1 amide bonds. The molecule has 8 nitrogen and oxygen atoms in total. The van der Waals surface area contributed by atoms with Gasteiger partial charge in [0.1, 0.15) is 12.2 Å². The van der Waals surface area contributed by atoms with Crippen LogP contribution in [0.2, 0.25) is 0 Å². The Kier molecular flexibility index (Phi) is 3.63. The van der Waals surface area contributed by atoms with Crippen LogP contribution in [0, 0.1) is 11.7 Å². The first-order valence-electron chi connectivity index (χ1n) is 6.40. The largest absolute Gasteiger partial charge is 0.454 e. The van der Waals surface area contributed by atoms with Gasteiger partial charge in [0.15, 0.2) is 16.3 Å². The van der Waals surface area contributed by atoms with Gasteiger partial charge >= 0.3 is 0 Å². The number of H-pyrrole nitrogens is 1. The molecule has 1 aromatic heterocycles. The number of nitrogens with one attached hydrogen (secondary N) is 2. The topological polar surface area (TPSA) is 98.2 Å². The number of carbonyl (C=O) groups excluding carboxylic acids is 1. The first kappa shape index (κ1) is 14.3. The van der Waals surface area contributed by atoms with Crippen LogP contribution in [0.1, 0.15) is 5.69 Å². The second-order valence-corrected chi connectivity index (χ2v) is 5.01. The van der Waals surface area contributed by atoms with E-state index in [0.29, 0.717) is 17.2 Å². The molecule has 0 saturated heterocycles. The summed E-state index contributed by atoms with van der Waals surface area (Å²) < 4.78 is 11.7. The fourth-order valence-corrected chi connectivity index (χ4v) is 2.18. The monoisotopic (exact) mass is 320 g/mol. The first-order chi connectivity index (χ1) is 10.5. The van der Waals surface area contributed by atoms with Gasteiger partial charge in [-0.2, -0.15) is 5.10 Å². The Balaban J connectivity index is 1.77. The van der Waals surface area contributed by atoms with Gasteiger partial charge in [-0.3, -0.25) is 19.3 Å². The van der Waals surface area contributed by atoms with Crippen LogP contribution >= 0.6 is 12.2 Å². The predicted octanol–water partition coefficient (Wildman–Crippen LogP) is 0.977. The lowest BCUT2D eigenvalue weighted by Gasteiger charge is -2.08. The van der Waals surface area contributed by atoms with Crippen molar-refractivity contribution in [3.8, 4) is 11.5 Å². The number of hydrogen-bond acceptors (Lipinski definition) is 6. The summed E-state index contributed by atoms with van der Waals surface area (Å²) >= 11 is 4.98. The number of aromatic amines is 1. The van der Waals surface area contributed by atoms with Crippen molar-refractivity contribution in [1.82, 2.24) is 14.8 Å². The molecule has 0 saturated carbocycles. The fourth-order valence-electron chi connectivity index (χ4n) is 1.99. The molecular formula is C13H12N4O4S. The summed E-state index contributed by atoms with van der Waals surface area (Å²) in [6, 6.07) is 5.04. The van der Waals surface area contributed by atoms with E-state index >= 15 is 0 Å². The van der Waals surface area contributed by atoms with Crippen molar-refractivity contribution in [2.75, 3.05) is 12.1 Å². The molecule has 2 N–H and O–H groups in total. The zero-order valence-electron chi connectivity index (χ0n) is 11.6. The standard InChI is InChI=1S/C13H12N4O4S/c1-7-12(19)17(13(22)16-15-7)5-11(18)14-8-2-3-9-10(4-8)21-6-20-9/h2-4H,5-6H2,1H3,(H,14,18)(H,16,22). The molecule has 0 aliphatic carbocycles. The van der Waals surface area contributed by atoms with E-state index < -0.39 is 5.56 Å². The number of aryl methyl sites for hydroxylation is 1. The Hall–Kier alpha value is -2.68. The maximum Gasteiger partial charge on any atom is 0.276 e. The van der Waals surface area contributed by atoms with Gasteiger partial charge in [-0.1, -0.05) is 0 Å². The summed E-state index contributed by atoms with van der Waals surface area (Å²) in [5.41, 5.74) is 0.386. The Labute approximate surface area is 129 Å². The second-order valence-electron chi connectivity index (χ2n) is 4.62. The van der Waals surface area contributed by atoms with Gasteiger partial charge < -0.3 is 14.8 Å². The molecule has 0 bridgehead atoms. The van der Waals surface area contributed by atoms with Crippen molar-refractivity contribution in [1.29, 1.82) is 0 Å². The molecule has 0 fully saturated rings. The summed E-state index contributed by atoms with van der Waals surface area (Å²) in [5, 5.41) is 8.95. The average Bonchev–Trinajstić information content (AvgIpc) is 2.95. The van der Waals surface area contributed by atoms with E-state index in [1.165, 1.54) is 0 Å². The number of benzene rings is 1. The molecule has 2 aromatic rings. The molecule has 22 heavy (non-hydrogen) atoms. The highest BCUT2D eigenvalue weighted by Gasteiger charge is 2.15. The number of rotatable bonds is 3. The number of anilines is 1. The number of carbonyl (C=O) groups is 1. The van der Waals surface area contributed by atoms with E-state index in [1.54, 1.807) is 25.1 Å². The lowest BCUT2D eigenvalue weighted by molar-refractivity contribution is -0.116. The van der Waals surface area contributed by atoms with Crippen molar-refractivity contribution in [3.05, 3.63) is 39.0 Å². The molecular weight excluding hydrogens is 308 g/mol. The molecule has 0 atom stereocenters. The van der Waals surface area contributed by atoms with Gasteiger partial charge in [0.2, 0.25) is 12.7 Å². The van der Waals surface area contributed by atoms with E-state index in [9.17, 15) is 9.59 Å². The molecule has 1 aromatic carbocycles. The average molecular weight is 320 g/mol. The van der Waals surface area contributed by atoms with Gasteiger partial charge in [0, 0.05) is 11.8 Å². The Morgan fingerprint density at radius 2 is 2.23 bits per heavy atom. The van der Waals surface area contributed by atoms with Crippen LogP contribution in [0.25, 0.3) is 0 Å². The van der Waals surface area contributed by atoms with Crippen LogP contribution in [0.3, 0.4) is 0 Å².